The lowest BCUT2D eigenvalue weighted by Crippen LogP contribution is -2.29. The van der Waals surface area contributed by atoms with Gasteiger partial charge in [0.05, 0.1) is 6.54 Å². The minimum atomic E-state index is -1.12. The van der Waals surface area contributed by atoms with Gasteiger partial charge in [0.2, 0.25) is 0 Å². The van der Waals surface area contributed by atoms with Gasteiger partial charge in [-0.3, -0.25) is 4.79 Å². The Balaban J connectivity index is 2.84. The molecule has 1 atom stereocenters. The molecule has 0 amide bonds. The summed E-state index contributed by atoms with van der Waals surface area (Å²) < 4.78 is 13.1. The molecule has 1 aliphatic rings. The van der Waals surface area contributed by atoms with Gasteiger partial charge in [-0.05, 0) is 6.92 Å². The van der Waals surface area contributed by atoms with E-state index in [1.165, 1.54) is 5.41 Å². The molecule has 1 aliphatic heterocycles. The summed E-state index contributed by atoms with van der Waals surface area (Å²) in [5.41, 5.74) is 0.590. The Morgan fingerprint density at radius 2 is 2.44 bits per heavy atom. The fourth-order valence-electron chi connectivity index (χ4n) is 0.544. The topological polar surface area (TPSA) is 46.2 Å². The molecule has 9 heavy (non-hydrogen) atoms. The lowest BCUT2D eigenvalue weighted by Gasteiger charge is -2.06. The number of nitrogens with one attached hydrogen (secondary N) is 1. The Morgan fingerprint density at radius 3 is 2.89 bits per heavy atom. The summed E-state index contributed by atoms with van der Waals surface area (Å²) in [6.07, 6.45) is 0. The first-order chi connectivity index (χ1) is 4.20. The van der Waals surface area contributed by atoms with Gasteiger partial charge in [0.1, 0.15) is 11.0 Å². The molecule has 0 saturated carbocycles. The highest BCUT2D eigenvalue weighted by Crippen LogP contribution is 2.00. The van der Waals surface area contributed by atoms with Gasteiger partial charge in [0.25, 0.3) is 0 Å². The van der Waals surface area contributed by atoms with E-state index in [1.807, 2.05) is 0 Å². The standard InChI is InChI=1S/C5H7NO2S/c1-4-3-9(8)6-2-5(4)7/h3,6H,2H2,1H3. The van der Waals surface area contributed by atoms with Crippen LogP contribution in [0.3, 0.4) is 0 Å². The van der Waals surface area contributed by atoms with Gasteiger partial charge in [-0.2, -0.15) is 0 Å². The van der Waals surface area contributed by atoms with Gasteiger partial charge in [-0.25, -0.2) is 8.93 Å². The second kappa shape index (κ2) is 2.41. The van der Waals surface area contributed by atoms with Crippen LogP contribution >= 0.6 is 0 Å². The Labute approximate surface area is 55.7 Å². The molecule has 0 aromatic rings. The number of carbonyl (C=O) groups is 1. The molecule has 0 aliphatic carbocycles. The minimum absolute atomic E-state index is 0.0228. The van der Waals surface area contributed by atoms with Gasteiger partial charge in [0, 0.05) is 11.0 Å². The molecule has 4 heteroatoms. The average Bonchev–Trinajstić information content (AvgIpc) is 1.80. The zero-order chi connectivity index (χ0) is 6.85. The minimum Gasteiger partial charge on any atom is -0.293 e. The number of hydrogen-bond donors (Lipinski definition) is 1. The third-order valence-corrected chi connectivity index (χ3v) is 2.10. The van der Waals surface area contributed by atoms with Crippen molar-refractivity contribution >= 4 is 16.8 Å². The van der Waals surface area contributed by atoms with Gasteiger partial charge >= 0.3 is 0 Å². The van der Waals surface area contributed by atoms with Crippen molar-refractivity contribution in [2.75, 3.05) is 6.54 Å². The second-order valence-electron chi connectivity index (χ2n) is 1.84. The van der Waals surface area contributed by atoms with Crippen molar-refractivity contribution < 1.29 is 9.00 Å². The largest absolute Gasteiger partial charge is 0.293 e. The molecule has 0 aromatic carbocycles. The van der Waals surface area contributed by atoms with Crippen LogP contribution < -0.4 is 4.72 Å². The molecule has 0 spiro atoms. The number of Topliss-reactive ketones (excluding diaryl/α,β-unsaturated/α-hetero) is 1. The predicted octanol–water partition coefficient (Wildman–Crippen LogP) is -0.274. The molecule has 50 valence electrons. The summed E-state index contributed by atoms with van der Waals surface area (Å²) >= 11 is 0. The summed E-state index contributed by atoms with van der Waals surface area (Å²) in [6.45, 7) is 1.87. The van der Waals surface area contributed by atoms with E-state index >= 15 is 0 Å². The number of ketones is 1. The highest BCUT2D eigenvalue weighted by Gasteiger charge is 2.11. The fraction of sp³-hybridized carbons (Fsp3) is 0.400. The molecule has 0 fully saturated rings. The van der Waals surface area contributed by atoms with Gasteiger partial charge in [-0.15, -0.1) is 0 Å². The van der Waals surface area contributed by atoms with E-state index in [9.17, 15) is 9.00 Å². The van der Waals surface area contributed by atoms with Crippen LogP contribution in [0, 0.1) is 0 Å². The summed E-state index contributed by atoms with van der Waals surface area (Å²) in [5, 5.41) is 1.42. The van der Waals surface area contributed by atoms with Crippen molar-refractivity contribution in [1.29, 1.82) is 0 Å². The maximum atomic E-state index is 10.7. The lowest BCUT2D eigenvalue weighted by atomic mass is 10.2. The van der Waals surface area contributed by atoms with Gasteiger partial charge in [-0.1, -0.05) is 0 Å². The van der Waals surface area contributed by atoms with Gasteiger partial charge in [0.15, 0.2) is 5.78 Å². The molecule has 1 rings (SSSR count). The summed E-state index contributed by atoms with van der Waals surface area (Å²) in [5.74, 6) is 0.0228. The van der Waals surface area contributed by atoms with E-state index in [4.69, 9.17) is 0 Å². The smallest absolute Gasteiger partial charge is 0.173 e. The molecule has 0 aromatic heterocycles. The van der Waals surface area contributed by atoms with Crippen molar-refractivity contribution in [2.45, 2.75) is 6.92 Å². The average molecular weight is 145 g/mol. The zero-order valence-electron chi connectivity index (χ0n) is 5.01. The van der Waals surface area contributed by atoms with E-state index in [-0.39, 0.29) is 12.3 Å². The van der Waals surface area contributed by atoms with Crippen molar-refractivity contribution in [3.05, 3.63) is 11.0 Å². The fourth-order valence-corrected chi connectivity index (χ4v) is 1.35. The number of carbonyl (C=O) groups excluding carboxylic acids is 1. The summed E-state index contributed by atoms with van der Waals surface area (Å²) in [4.78, 5) is 10.7. The van der Waals surface area contributed by atoms with Crippen molar-refractivity contribution in [2.24, 2.45) is 0 Å². The molecular weight excluding hydrogens is 138 g/mol. The quantitative estimate of drug-likeness (QED) is 0.510. The number of hydrogen-bond acceptors (Lipinski definition) is 2. The molecule has 0 radical (unpaired) electrons. The van der Waals surface area contributed by atoms with Crippen LogP contribution in [0.25, 0.3) is 0 Å². The molecule has 1 unspecified atom stereocenters. The van der Waals surface area contributed by atoms with E-state index in [0.29, 0.717) is 5.57 Å². The molecule has 3 nitrogen and oxygen atoms in total. The van der Waals surface area contributed by atoms with Crippen LogP contribution in [-0.2, 0) is 15.8 Å². The monoisotopic (exact) mass is 145 g/mol. The number of rotatable bonds is 0. The van der Waals surface area contributed by atoms with Crippen LogP contribution in [0.4, 0.5) is 0 Å². The van der Waals surface area contributed by atoms with Gasteiger partial charge < -0.3 is 0 Å². The first-order valence-corrected chi connectivity index (χ1v) is 3.77. The lowest BCUT2D eigenvalue weighted by molar-refractivity contribution is -0.114. The van der Waals surface area contributed by atoms with Crippen LogP contribution in [-0.4, -0.2) is 16.5 Å². The normalized spacial score (nSPS) is 27.9. The van der Waals surface area contributed by atoms with Crippen LogP contribution in [0.5, 0.6) is 0 Å². The maximum Gasteiger partial charge on any atom is 0.173 e. The Kier molecular flexibility index (Phi) is 1.78. The Hall–Kier alpha value is -0.480. The van der Waals surface area contributed by atoms with Crippen molar-refractivity contribution in [3.63, 3.8) is 0 Å². The van der Waals surface area contributed by atoms with E-state index in [0.717, 1.165) is 0 Å². The highest BCUT2D eigenvalue weighted by atomic mass is 32.2. The molecule has 1 N–H and O–H groups in total. The maximum absolute atomic E-state index is 10.7. The molecular formula is C5H7NO2S. The second-order valence-corrected chi connectivity index (χ2v) is 2.96. The SMILES string of the molecule is CC1=CS(=O)NCC1=O. The third kappa shape index (κ3) is 1.46. The summed E-state index contributed by atoms with van der Waals surface area (Å²) in [7, 11) is -1.12. The molecule has 0 bridgehead atoms. The summed E-state index contributed by atoms with van der Waals surface area (Å²) in [6, 6.07) is 0. The van der Waals surface area contributed by atoms with Crippen LogP contribution in [0.2, 0.25) is 0 Å². The van der Waals surface area contributed by atoms with E-state index in [1.54, 1.807) is 6.92 Å². The zero-order valence-corrected chi connectivity index (χ0v) is 5.83. The molecule has 1 heterocycles. The van der Waals surface area contributed by atoms with Crippen LogP contribution in [0.15, 0.2) is 11.0 Å². The predicted molar refractivity (Wildman–Crippen MR) is 34.9 cm³/mol. The molecule has 0 saturated heterocycles. The van der Waals surface area contributed by atoms with E-state index < -0.39 is 11.0 Å². The first-order valence-electron chi connectivity index (χ1n) is 2.56. The Bertz CT molecular complexity index is 197. The van der Waals surface area contributed by atoms with E-state index in [2.05, 4.69) is 4.72 Å². The van der Waals surface area contributed by atoms with Crippen LogP contribution in [0.1, 0.15) is 6.92 Å². The third-order valence-electron chi connectivity index (χ3n) is 1.10. The van der Waals surface area contributed by atoms with Crippen molar-refractivity contribution in [3.8, 4) is 0 Å². The Morgan fingerprint density at radius 1 is 1.78 bits per heavy atom. The first kappa shape index (κ1) is 6.64. The van der Waals surface area contributed by atoms with Crippen molar-refractivity contribution in [1.82, 2.24) is 4.72 Å². The highest BCUT2D eigenvalue weighted by molar-refractivity contribution is 7.86.